The standard InChI is InChI=1S/C20H19N3O2/c1-3-23(4-2)20(25)19(24)15-11-21-17-14(15)10-9-13-12-7-5-6-8-16(12)22-18(13)17/h5-11,21-22H,3-4H2,1-2H3. The number of nitrogens with zero attached hydrogens (tertiary/aromatic N) is 1. The summed E-state index contributed by atoms with van der Waals surface area (Å²) in [5.41, 5.74) is 3.27. The first-order valence-electron chi connectivity index (χ1n) is 8.49. The molecule has 2 aromatic carbocycles. The third kappa shape index (κ3) is 2.23. The lowest BCUT2D eigenvalue weighted by Crippen LogP contribution is -2.36. The molecule has 0 aliphatic carbocycles. The van der Waals surface area contributed by atoms with Gasteiger partial charge < -0.3 is 14.9 Å². The van der Waals surface area contributed by atoms with Crippen LogP contribution in [-0.2, 0) is 4.79 Å². The van der Waals surface area contributed by atoms with Crippen molar-refractivity contribution in [2.24, 2.45) is 0 Å². The lowest BCUT2D eigenvalue weighted by molar-refractivity contribution is -0.126. The van der Waals surface area contributed by atoms with E-state index in [4.69, 9.17) is 0 Å². The fraction of sp³-hybridized carbons (Fsp3) is 0.200. The molecule has 0 radical (unpaired) electrons. The number of fused-ring (bicyclic) bond motifs is 5. The fourth-order valence-corrected chi connectivity index (χ4v) is 3.47. The molecule has 0 atom stereocenters. The molecule has 0 spiro atoms. The second-order valence-corrected chi connectivity index (χ2v) is 6.09. The summed E-state index contributed by atoms with van der Waals surface area (Å²) < 4.78 is 0. The highest BCUT2D eigenvalue weighted by atomic mass is 16.2. The molecule has 4 aromatic rings. The van der Waals surface area contributed by atoms with Crippen LogP contribution in [0.1, 0.15) is 24.2 Å². The molecule has 0 saturated carbocycles. The van der Waals surface area contributed by atoms with Crippen LogP contribution in [0, 0.1) is 0 Å². The van der Waals surface area contributed by atoms with Gasteiger partial charge in [0.25, 0.3) is 11.7 Å². The van der Waals surface area contributed by atoms with Gasteiger partial charge in [0.1, 0.15) is 0 Å². The number of ketones is 1. The van der Waals surface area contributed by atoms with E-state index in [1.165, 1.54) is 0 Å². The van der Waals surface area contributed by atoms with Gasteiger partial charge in [-0.15, -0.1) is 0 Å². The summed E-state index contributed by atoms with van der Waals surface area (Å²) in [4.78, 5) is 33.2. The normalized spacial score (nSPS) is 11.4. The molecule has 25 heavy (non-hydrogen) atoms. The number of amides is 1. The molecular formula is C20H19N3O2. The van der Waals surface area contributed by atoms with Crippen LogP contribution < -0.4 is 0 Å². The van der Waals surface area contributed by atoms with Crippen LogP contribution in [0.4, 0.5) is 0 Å². The molecule has 2 N–H and O–H groups in total. The quantitative estimate of drug-likeness (QED) is 0.440. The Bertz CT molecular complexity index is 1120. The molecule has 4 rings (SSSR count). The summed E-state index contributed by atoms with van der Waals surface area (Å²) in [5.74, 6) is -0.923. The highest BCUT2D eigenvalue weighted by Crippen LogP contribution is 2.32. The number of hydrogen-bond acceptors (Lipinski definition) is 2. The lowest BCUT2D eigenvalue weighted by Gasteiger charge is -2.17. The molecule has 0 fully saturated rings. The van der Waals surface area contributed by atoms with Crippen molar-refractivity contribution in [1.82, 2.24) is 14.9 Å². The Balaban J connectivity index is 1.89. The molecule has 0 aliphatic rings. The lowest BCUT2D eigenvalue weighted by atomic mass is 10.1. The summed E-state index contributed by atoms with van der Waals surface area (Å²) in [6.45, 7) is 4.79. The number of aromatic nitrogens is 2. The van der Waals surface area contributed by atoms with Crippen LogP contribution in [-0.4, -0.2) is 39.6 Å². The van der Waals surface area contributed by atoms with Crippen LogP contribution in [0.15, 0.2) is 42.6 Å². The maximum Gasteiger partial charge on any atom is 0.295 e. The van der Waals surface area contributed by atoms with Gasteiger partial charge in [-0.3, -0.25) is 9.59 Å². The predicted molar refractivity (Wildman–Crippen MR) is 99.9 cm³/mol. The zero-order chi connectivity index (χ0) is 17.6. The maximum atomic E-state index is 12.7. The van der Waals surface area contributed by atoms with Gasteiger partial charge in [0.2, 0.25) is 0 Å². The molecule has 5 nitrogen and oxygen atoms in total. The van der Waals surface area contributed by atoms with Crippen molar-refractivity contribution in [3.63, 3.8) is 0 Å². The van der Waals surface area contributed by atoms with E-state index in [2.05, 4.69) is 16.0 Å². The van der Waals surface area contributed by atoms with Crippen molar-refractivity contribution in [2.45, 2.75) is 13.8 Å². The van der Waals surface area contributed by atoms with Crippen LogP contribution in [0.5, 0.6) is 0 Å². The van der Waals surface area contributed by atoms with Crippen molar-refractivity contribution < 1.29 is 9.59 Å². The Morgan fingerprint density at radius 3 is 2.40 bits per heavy atom. The second kappa shape index (κ2) is 5.77. The van der Waals surface area contributed by atoms with Gasteiger partial charge in [-0.1, -0.05) is 30.3 Å². The van der Waals surface area contributed by atoms with Gasteiger partial charge in [-0.2, -0.15) is 0 Å². The SMILES string of the molecule is CCN(CC)C(=O)C(=O)c1c[nH]c2c1ccc1c3ccccc3[nH]c12. The third-order valence-corrected chi connectivity index (χ3v) is 4.82. The number of nitrogens with one attached hydrogen (secondary N) is 2. The average molecular weight is 333 g/mol. The predicted octanol–water partition coefficient (Wildman–Crippen LogP) is 3.85. The van der Waals surface area contributed by atoms with Crippen molar-refractivity contribution in [3.8, 4) is 0 Å². The van der Waals surface area contributed by atoms with E-state index >= 15 is 0 Å². The number of likely N-dealkylation sites (N-methyl/N-ethyl adjacent to an activating group) is 1. The molecule has 0 unspecified atom stereocenters. The fourth-order valence-electron chi connectivity index (χ4n) is 3.47. The number of rotatable bonds is 4. The number of carbonyl (C=O) groups excluding carboxylic acids is 2. The largest absolute Gasteiger partial charge is 0.359 e. The van der Waals surface area contributed by atoms with E-state index in [1.807, 2.05) is 44.2 Å². The summed E-state index contributed by atoms with van der Waals surface area (Å²) in [6, 6.07) is 12.0. The second-order valence-electron chi connectivity index (χ2n) is 6.09. The molecule has 126 valence electrons. The first-order valence-corrected chi connectivity index (χ1v) is 8.49. The van der Waals surface area contributed by atoms with Crippen LogP contribution in [0.2, 0.25) is 0 Å². The topological polar surface area (TPSA) is 69.0 Å². The van der Waals surface area contributed by atoms with Gasteiger partial charge in [0.05, 0.1) is 16.6 Å². The number of Topliss-reactive ketones (excluding diaryl/α,β-unsaturated/α-hetero) is 1. The molecule has 0 bridgehead atoms. The number of H-pyrrole nitrogens is 2. The van der Waals surface area contributed by atoms with Crippen LogP contribution in [0.3, 0.4) is 0 Å². The van der Waals surface area contributed by atoms with E-state index < -0.39 is 11.7 Å². The maximum absolute atomic E-state index is 12.7. The van der Waals surface area contributed by atoms with Crippen molar-refractivity contribution >= 4 is 44.4 Å². The number of hydrogen-bond donors (Lipinski definition) is 2. The number of para-hydroxylation sites is 1. The van der Waals surface area contributed by atoms with E-state index in [0.29, 0.717) is 18.7 Å². The van der Waals surface area contributed by atoms with Crippen molar-refractivity contribution in [3.05, 3.63) is 48.2 Å². The number of aromatic amines is 2. The molecule has 1 amide bonds. The van der Waals surface area contributed by atoms with Gasteiger partial charge in [-0.05, 0) is 19.9 Å². The third-order valence-electron chi connectivity index (χ3n) is 4.82. The summed E-state index contributed by atoms with van der Waals surface area (Å²) in [6.07, 6.45) is 1.64. The Morgan fingerprint density at radius 2 is 1.64 bits per heavy atom. The van der Waals surface area contributed by atoms with E-state index in [0.717, 1.165) is 32.7 Å². The Hall–Kier alpha value is -3.08. The number of benzene rings is 2. The van der Waals surface area contributed by atoms with E-state index in [9.17, 15) is 9.59 Å². The minimum atomic E-state index is -0.467. The van der Waals surface area contributed by atoms with Crippen molar-refractivity contribution in [2.75, 3.05) is 13.1 Å². The molecular weight excluding hydrogens is 314 g/mol. The molecule has 0 aliphatic heterocycles. The monoisotopic (exact) mass is 333 g/mol. The highest BCUT2D eigenvalue weighted by molar-refractivity contribution is 6.45. The minimum Gasteiger partial charge on any atom is -0.359 e. The summed E-state index contributed by atoms with van der Waals surface area (Å²) in [5, 5.41) is 3.00. The highest BCUT2D eigenvalue weighted by Gasteiger charge is 2.24. The molecule has 2 aromatic heterocycles. The zero-order valence-corrected chi connectivity index (χ0v) is 14.2. The smallest absolute Gasteiger partial charge is 0.295 e. The van der Waals surface area contributed by atoms with Crippen LogP contribution >= 0.6 is 0 Å². The first-order chi connectivity index (χ1) is 12.2. The van der Waals surface area contributed by atoms with Gasteiger partial charge in [0.15, 0.2) is 0 Å². The summed E-state index contributed by atoms with van der Waals surface area (Å²) in [7, 11) is 0. The van der Waals surface area contributed by atoms with Gasteiger partial charge >= 0.3 is 0 Å². The minimum absolute atomic E-state index is 0.424. The van der Waals surface area contributed by atoms with Crippen molar-refractivity contribution in [1.29, 1.82) is 0 Å². The first kappa shape index (κ1) is 15.4. The summed E-state index contributed by atoms with van der Waals surface area (Å²) >= 11 is 0. The molecule has 0 saturated heterocycles. The van der Waals surface area contributed by atoms with Crippen LogP contribution in [0.25, 0.3) is 32.7 Å². The van der Waals surface area contributed by atoms with Gasteiger partial charge in [0, 0.05) is 41.0 Å². The number of carbonyl (C=O) groups is 2. The Morgan fingerprint density at radius 1 is 0.920 bits per heavy atom. The Labute approximate surface area is 144 Å². The van der Waals surface area contributed by atoms with Gasteiger partial charge in [-0.25, -0.2) is 0 Å². The zero-order valence-electron chi connectivity index (χ0n) is 14.2. The molecule has 5 heteroatoms. The van der Waals surface area contributed by atoms with E-state index in [1.54, 1.807) is 11.1 Å². The molecule has 2 heterocycles. The average Bonchev–Trinajstić information content (AvgIpc) is 3.23. The Kier molecular flexibility index (Phi) is 3.57. The van der Waals surface area contributed by atoms with E-state index in [-0.39, 0.29) is 0 Å².